The van der Waals surface area contributed by atoms with Crippen LogP contribution in [0.1, 0.15) is 43.7 Å². The molecule has 4 heteroatoms. The largest absolute Gasteiger partial charge is 0.504 e. The second kappa shape index (κ2) is 11.0. The van der Waals surface area contributed by atoms with Crippen LogP contribution in [0.15, 0.2) is 60.7 Å². The molecule has 2 N–H and O–H groups in total. The van der Waals surface area contributed by atoms with Crippen LogP contribution in [0.25, 0.3) is 0 Å². The zero-order chi connectivity index (χ0) is 21.3. The Morgan fingerprint density at radius 1 is 1.07 bits per heavy atom. The van der Waals surface area contributed by atoms with E-state index in [4.69, 9.17) is 4.74 Å². The highest BCUT2D eigenvalue weighted by atomic mass is 16.5. The van der Waals surface area contributed by atoms with Crippen LogP contribution in [-0.2, 0) is 17.6 Å². The number of allylic oxidation sites excluding steroid dienone is 1. The maximum atomic E-state index is 12.3. The third-order valence-electron chi connectivity index (χ3n) is 5.78. The maximum Gasteiger partial charge on any atom is 0.161 e. The Morgan fingerprint density at radius 2 is 1.87 bits per heavy atom. The highest BCUT2D eigenvalue weighted by Crippen LogP contribution is 2.28. The molecule has 0 spiro atoms. The summed E-state index contributed by atoms with van der Waals surface area (Å²) >= 11 is 0. The summed E-state index contributed by atoms with van der Waals surface area (Å²) in [6.07, 6.45) is 7.50. The number of aliphatic hydroxyl groups excluding tert-OH is 1. The standard InChI is InChI=1S/C26H32O4/c1-19-7-11-22(12-8-19)25(29)18-23(27)13-9-21-10-14-24(28)26(17-21)30-16-15-20-5-3-2-4-6-20/h2-7,10-11,14,17,19,22,25,28-29H,8-9,12-13,15-16,18H2,1H3/t19-,22+,25+/m1/s1. The minimum atomic E-state index is -0.599. The molecule has 0 saturated heterocycles. The van der Waals surface area contributed by atoms with Crippen molar-refractivity contribution in [1.29, 1.82) is 0 Å². The van der Waals surface area contributed by atoms with E-state index in [9.17, 15) is 15.0 Å². The predicted molar refractivity (Wildman–Crippen MR) is 119 cm³/mol. The van der Waals surface area contributed by atoms with Crippen molar-refractivity contribution in [1.82, 2.24) is 0 Å². The summed E-state index contributed by atoms with van der Waals surface area (Å²) in [6.45, 7) is 2.64. The molecule has 1 aliphatic rings. The van der Waals surface area contributed by atoms with Crippen LogP contribution in [-0.4, -0.2) is 28.7 Å². The molecule has 3 atom stereocenters. The number of hydrogen-bond donors (Lipinski definition) is 2. The van der Waals surface area contributed by atoms with Crippen molar-refractivity contribution >= 4 is 5.78 Å². The molecule has 2 aromatic carbocycles. The number of hydrogen-bond acceptors (Lipinski definition) is 4. The summed E-state index contributed by atoms with van der Waals surface area (Å²) in [5.74, 6) is 1.25. The van der Waals surface area contributed by atoms with Crippen molar-refractivity contribution in [3.05, 3.63) is 71.8 Å². The fraction of sp³-hybridized carbons (Fsp3) is 0.423. The minimum Gasteiger partial charge on any atom is -0.504 e. The van der Waals surface area contributed by atoms with Crippen LogP contribution >= 0.6 is 0 Å². The van der Waals surface area contributed by atoms with Gasteiger partial charge in [-0.05, 0) is 48.4 Å². The Bertz CT molecular complexity index is 843. The van der Waals surface area contributed by atoms with E-state index in [-0.39, 0.29) is 23.9 Å². The average Bonchev–Trinajstić information content (AvgIpc) is 2.75. The van der Waals surface area contributed by atoms with Crippen molar-refractivity contribution in [3.8, 4) is 11.5 Å². The van der Waals surface area contributed by atoms with Crippen LogP contribution in [0.5, 0.6) is 11.5 Å². The molecule has 0 bridgehead atoms. The van der Waals surface area contributed by atoms with Crippen LogP contribution in [0.4, 0.5) is 0 Å². The van der Waals surface area contributed by atoms with Gasteiger partial charge in [-0.2, -0.15) is 0 Å². The topological polar surface area (TPSA) is 66.8 Å². The summed E-state index contributed by atoms with van der Waals surface area (Å²) in [4.78, 5) is 12.3. The van der Waals surface area contributed by atoms with E-state index in [1.807, 2.05) is 36.4 Å². The predicted octanol–water partition coefficient (Wildman–Crippen LogP) is 4.87. The van der Waals surface area contributed by atoms with E-state index in [1.165, 1.54) is 5.56 Å². The molecule has 30 heavy (non-hydrogen) atoms. The minimum absolute atomic E-state index is 0.0640. The molecular formula is C26H32O4. The van der Waals surface area contributed by atoms with Gasteiger partial charge in [-0.1, -0.05) is 55.5 Å². The van der Waals surface area contributed by atoms with Crippen molar-refractivity contribution in [2.45, 2.75) is 51.6 Å². The van der Waals surface area contributed by atoms with E-state index in [2.05, 4.69) is 19.1 Å². The summed E-state index contributed by atoms with van der Waals surface area (Å²) in [6, 6.07) is 15.3. The molecule has 0 unspecified atom stereocenters. The Hall–Kier alpha value is -2.59. The van der Waals surface area contributed by atoms with Gasteiger partial charge in [-0.3, -0.25) is 4.79 Å². The number of phenols is 1. The first-order chi connectivity index (χ1) is 14.5. The molecule has 0 heterocycles. The molecule has 2 aromatic rings. The maximum absolute atomic E-state index is 12.3. The smallest absolute Gasteiger partial charge is 0.161 e. The lowest BCUT2D eigenvalue weighted by Gasteiger charge is -2.24. The number of phenolic OH excluding ortho intramolecular Hbond substituents is 1. The van der Waals surface area contributed by atoms with Gasteiger partial charge >= 0.3 is 0 Å². The zero-order valence-corrected chi connectivity index (χ0v) is 17.7. The van der Waals surface area contributed by atoms with Gasteiger partial charge < -0.3 is 14.9 Å². The zero-order valence-electron chi connectivity index (χ0n) is 17.7. The monoisotopic (exact) mass is 408 g/mol. The number of rotatable bonds is 10. The highest BCUT2D eigenvalue weighted by Gasteiger charge is 2.22. The van der Waals surface area contributed by atoms with Gasteiger partial charge in [0.2, 0.25) is 0 Å². The molecule has 4 nitrogen and oxygen atoms in total. The number of aliphatic hydroxyl groups is 1. The summed E-state index contributed by atoms with van der Waals surface area (Å²) in [7, 11) is 0. The van der Waals surface area contributed by atoms with Crippen molar-refractivity contribution in [2.24, 2.45) is 11.8 Å². The average molecular weight is 409 g/mol. The molecule has 0 aliphatic heterocycles. The molecule has 160 valence electrons. The van der Waals surface area contributed by atoms with E-state index in [0.717, 1.165) is 24.8 Å². The van der Waals surface area contributed by atoms with Gasteiger partial charge in [-0.15, -0.1) is 0 Å². The van der Waals surface area contributed by atoms with E-state index in [1.54, 1.807) is 12.1 Å². The number of aromatic hydroxyl groups is 1. The summed E-state index contributed by atoms with van der Waals surface area (Å²) in [5, 5.41) is 20.4. The number of carbonyl (C=O) groups is 1. The molecule has 1 aliphatic carbocycles. The number of benzene rings is 2. The van der Waals surface area contributed by atoms with Gasteiger partial charge in [0, 0.05) is 25.2 Å². The lowest BCUT2D eigenvalue weighted by atomic mass is 9.84. The van der Waals surface area contributed by atoms with Gasteiger partial charge in [0.05, 0.1) is 12.7 Å². The summed E-state index contributed by atoms with van der Waals surface area (Å²) in [5.41, 5.74) is 2.12. The van der Waals surface area contributed by atoms with Crippen LogP contribution in [0, 0.1) is 11.8 Å². The molecule has 0 saturated carbocycles. The fourth-order valence-electron chi connectivity index (χ4n) is 3.82. The van der Waals surface area contributed by atoms with Gasteiger partial charge in [0.1, 0.15) is 5.78 Å². The number of carbonyl (C=O) groups excluding carboxylic acids is 1. The molecule has 0 fully saturated rings. The Labute approximate surface area is 179 Å². The van der Waals surface area contributed by atoms with E-state index >= 15 is 0 Å². The number of ether oxygens (including phenoxy) is 1. The molecule has 0 amide bonds. The lowest BCUT2D eigenvalue weighted by Crippen LogP contribution is -2.24. The lowest BCUT2D eigenvalue weighted by molar-refractivity contribution is -0.121. The SMILES string of the molecule is C[C@@H]1C=C[C@H]([C@@H](O)CC(=O)CCc2ccc(O)c(OCCc3ccccc3)c2)CC1. The van der Waals surface area contributed by atoms with Crippen molar-refractivity contribution in [2.75, 3.05) is 6.61 Å². The third kappa shape index (κ3) is 6.74. The van der Waals surface area contributed by atoms with Gasteiger partial charge in [0.25, 0.3) is 0 Å². The molecule has 0 aromatic heterocycles. The van der Waals surface area contributed by atoms with Crippen molar-refractivity contribution < 1.29 is 19.7 Å². The second-order valence-corrected chi connectivity index (χ2v) is 8.30. The number of Topliss-reactive ketones (excluding diaryl/α,β-unsaturated/α-hetero) is 1. The second-order valence-electron chi connectivity index (χ2n) is 8.30. The number of ketones is 1. The Kier molecular flexibility index (Phi) is 8.09. The first-order valence-corrected chi connectivity index (χ1v) is 10.9. The van der Waals surface area contributed by atoms with Crippen LogP contribution < -0.4 is 4.74 Å². The normalized spacial score (nSPS) is 19.4. The van der Waals surface area contributed by atoms with E-state index in [0.29, 0.717) is 31.1 Å². The van der Waals surface area contributed by atoms with E-state index < -0.39 is 6.10 Å². The van der Waals surface area contributed by atoms with Gasteiger partial charge in [-0.25, -0.2) is 0 Å². The molecule has 0 radical (unpaired) electrons. The molecule has 3 rings (SSSR count). The quantitative estimate of drug-likeness (QED) is 0.551. The number of aryl methyl sites for hydroxylation is 1. The van der Waals surface area contributed by atoms with Crippen LogP contribution in [0.2, 0.25) is 0 Å². The van der Waals surface area contributed by atoms with Crippen LogP contribution in [0.3, 0.4) is 0 Å². The fourth-order valence-corrected chi connectivity index (χ4v) is 3.82. The Balaban J connectivity index is 1.46. The first-order valence-electron chi connectivity index (χ1n) is 10.9. The summed E-state index contributed by atoms with van der Waals surface area (Å²) < 4.78 is 5.76. The molecular weight excluding hydrogens is 376 g/mol. The highest BCUT2D eigenvalue weighted by molar-refractivity contribution is 5.79. The van der Waals surface area contributed by atoms with Gasteiger partial charge in [0.15, 0.2) is 11.5 Å². The third-order valence-corrected chi connectivity index (χ3v) is 5.78. The Morgan fingerprint density at radius 3 is 2.60 bits per heavy atom. The van der Waals surface area contributed by atoms with Crippen molar-refractivity contribution in [3.63, 3.8) is 0 Å². The first kappa shape index (κ1) is 22.1.